The van der Waals surface area contributed by atoms with E-state index in [-0.39, 0.29) is 5.91 Å². The molecule has 1 amide bonds. The number of imidazole rings is 1. The number of amides is 1. The molecule has 1 saturated carbocycles. The molecule has 0 radical (unpaired) electrons. The molecule has 2 heterocycles. The number of benzene rings is 2. The first-order chi connectivity index (χ1) is 20.3. The number of hydrogen-bond donors (Lipinski definition) is 3. The highest BCUT2D eigenvalue weighted by Crippen LogP contribution is 2.29. The minimum absolute atomic E-state index is 0.112. The van der Waals surface area contributed by atoms with Gasteiger partial charge in [-0.25, -0.2) is 4.98 Å². The quantitative estimate of drug-likeness (QED) is 0.159. The van der Waals surface area contributed by atoms with Crippen LogP contribution in [0.25, 0.3) is 5.82 Å². The number of carbonyl (C=O) groups excluding carboxylic acids is 1. The third-order valence-corrected chi connectivity index (χ3v) is 8.25. The van der Waals surface area contributed by atoms with Crippen LogP contribution < -0.4 is 16.0 Å². The van der Waals surface area contributed by atoms with Crippen LogP contribution in [0.15, 0.2) is 61.1 Å². The van der Waals surface area contributed by atoms with Crippen molar-refractivity contribution in [3.63, 3.8) is 0 Å². The predicted octanol–water partition coefficient (Wildman–Crippen LogP) is 7.61. The van der Waals surface area contributed by atoms with Crippen molar-refractivity contribution in [1.82, 2.24) is 24.8 Å². The van der Waals surface area contributed by atoms with Gasteiger partial charge in [0.25, 0.3) is 0 Å². The summed E-state index contributed by atoms with van der Waals surface area (Å²) in [6.07, 6.45) is 10.2. The van der Waals surface area contributed by atoms with E-state index in [2.05, 4.69) is 20.9 Å². The summed E-state index contributed by atoms with van der Waals surface area (Å²) in [6, 6.07) is 14.2. The van der Waals surface area contributed by atoms with Gasteiger partial charge < -0.3 is 16.0 Å². The van der Waals surface area contributed by atoms with E-state index >= 15 is 0 Å². The summed E-state index contributed by atoms with van der Waals surface area (Å²) in [5.41, 5.74) is 2.67. The zero-order valence-electron chi connectivity index (χ0n) is 23.4. The van der Waals surface area contributed by atoms with E-state index in [1.807, 2.05) is 54.1 Å². The van der Waals surface area contributed by atoms with Crippen molar-refractivity contribution in [1.29, 1.82) is 0 Å². The monoisotopic (exact) mass is 625 g/mol. The van der Waals surface area contributed by atoms with Gasteiger partial charge in [-0.2, -0.15) is 9.97 Å². The topological polar surface area (TPSA) is 96.8 Å². The van der Waals surface area contributed by atoms with Gasteiger partial charge in [0, 0.05) is 40.4 Å². The van der Waals surface area contributed by atoms with Gasteiger partial charge >= 0.3 is 0 Å². The molecule has 8 nitrogen and oxygen atoms in total. The minimum Gasteiger partial charge on any atom is -0.358 e. The Bertz CT molecular complexity index is 1520. The summed E-state index contributed by atoms with van der Waals surface area (Å²) in [5.74, 6) is 1.94. The summed E-state index contributed by atoms with van der Waals surface area (Å²) >= 11 is 18.6. The average molecular weight is 627 g/mol. The van der Waals surface area contributed by atoms with E-state index in [0.717, 1.165) is 29.7 Å². The molecule has 1 fully saturated rings. The second kappa shape index (κ2) is 14.2. The van der Waals surface area contributed by atoms with Crippen molar-refractivity contribution in [2.45, 2.75) is 64.6 Å². The van der Waals surface area contributed by atoms with Crippen LogP contribution in [0.1, 0.15) is 55.3 Å². The zero-order chi connectivity index (χ0) is 29.5. The first-order valence-electron chi connectivity index (χ1n) is 14.2. The van der Waals surface area contributed by atoms with Crippen LogP contribution in [0.4, 0.5) is 11.8 Å². The smallest absolute Gasteiger partial charge is 0.242 e. The van der Waals surface area contributed by atoms with Gasteiger partial charge in [-0.05, 0) is 54.7 Å². The summed E-state index contributed by atoms with van der Waals surface area (Å²) in [4.78, 5) is 27.4. The van der Waals surface area contributed by atoms with Crippen LogP contribution in [-0.2, 0) is 17.9 Å². The van der Waals surface area contributed by atoms with E-state index in [0.29, 0.717) is 58.1 Å². The van der Waals surface area contributed by atoms with Gasteiger partial charge in [-0.1, -0.05) is 85.1 Å². The summed E-state index contributed by atoms with van der Waals surface area (Å²) in [7, 11) is 0. The van der Waals surface area contributed by atoms with E-state index in [4.69, 9.17) is 44.8 Å². The van der Waals surface area contributed by atoms with Crippen molar-refractivity contribution in [2.75, 3.05) is 10.6 Å². The highest BCUT2D eigenvalue weighted by Gasteiger charge is 2.25. The van der Waals surface area contributed by atoms with Gasteiger partial charge in [0.1, 0.15) is 24.0 Å². The lowest BCUT2D eigenvalue weighted by Crippen LogP contribution is -2.41. The standard InChI is InChI=1S/C31H34Cl3N7O/c1-20-18-41(19-37-20)29-15-28(39-31(40-29)36-16-22-8-5-9-24(32)12-22)38-27(13-21-6-3-2-4-7-21)30(42)35-17-23-10-11-25(33)14-26(23)34/h5,8-12,14-15,18-19,21,27H,2-4,6-7,13,16-17H2,1H3,(H,35,42)(H2,36,38,39,40)/t27-/m1/s1. The fraction of sp³-hybridized carbons (Fsp3) is 0.355. The fourth-order valence-corrected chi connectivity index (χ4v) is 5.92. The molecule has 11 heteroatoms. The zero-order valence-corrected chi connectivity index (χ0v) is 25.7. The molecular weight excluding hydrogens is 593 g/mol. The summed E-state index contributed by atoms with van der Waals surface area (Å²) in [5, 5.41) is 11.6. The van der Waals surface area contributed by atoms with Crippen molar-refractivity contribution in [3.8, 4) is 5.82 Å². The van der Waals surface area contributed by atoms with E-state index in [1.165, 1.54) is 19.3 Å². The highest BCUT2D eigenvalue weighted by atomic mass is 35.5. The Morgan fingerprint density at radius 1 is 1.00 bits per heavy atom. The number of aryl methyl sites for hydroxylation is 1. The number of carbonyl (C=O) groups is 1. The molecule has 0 spiro atoms. The van der Waals surface area contributed by atoms with E-state index < -0.39 is 6.04 Å². The molecule has 0 aliphatic heterocycles. The third kappa shape index (κ3) is 8.37. The molecule has 2 aromatic carbocycles. The van der Waals surface area contributed by atoms with Crippen LogP contribution in [0.5, 0.6) is 0 Å². The fourth-order valence-electron chi connectivity index (χ4n) is 5.23. The normalized spacial score (nSPS) is 14.4. The second-order valence-electron chi connectivity index (χ2n) is 10.7. The molecule has 5 rings (SSSR count). The van der Waals surface area contributed by atoms with Crippen molar-refractivity contribution in [3.05, 3.63) is 92.9 Å². The number of nitrogens with one attached hydrogen (secondary N) is 3. The van der Waals surface area contributed by atoms with Crippen LogP contribution in [-0.4, -0.2) is 31.5 Å². The number of aromatic nitrogens is 4. The summed E-state index contributed by atoms with van der Waals surface area (Å²) in [6.45, 7) is 2.71. The van der Waals surface area contributed by atoms with E-state index in [1.54, 1.807) is 18.5 Å². The lowest BCUT2D eigenvalue weighted by molar-refractivity contribution is -0.122. The average Bonchev–Trinajstić information content (AvgIpc) is 3.42. The molecule has 1 aliphatic carbocycles. The number of hydrogen-bond acceptors (Lipinski definition) is 6. The molecule has 1 atom stereocenters. The molecular formula is C31H34Cl3N7O. The number of rotatable bonds is 11. The molecule has 0 bridgehead atoms. The Balaban J connectivity index is 1.38. The lowest BCUT2D eigenvalue weighted by atomic mass is 9.84. The SMILES string of the molecule is Cc1cn(-c2cc(N[C@H](CC3CCCCC3)C(=O)NCc3ccc(Cl)cc3Cl)nc(NCc3cccc(Cl)c3)n2)cn1. The van der Waals surface area contributed by atoms with Crippen molar-refractivity contribution >= 4 is 52.5 Å². The van der Waals surface area contributed by atoms with Gasteiger partial charge in [0.05, 0.1) is 5.69 Å². The van der Waals surface area contributed by atoms with Crippen molar-refractivity contribution < 1.29 is 4.79 Å². The van der Waals surface area contributed by atoms with Crippen molar-refractivity contribution in [2.24, 2.45) is 5.92 Å². The van der Waals surface area contributed by atoms with Crippen LogP contribution in [0.3, 0.4) is 0 Å². The Morgan fingerprint density at radius 2 is 1.81 bits per heavy atom. The van der Waals surface area contributed by atoms with Gasteiger partial charge in [-0.15, -0.1) is 0 Å². The van der Waals surface area contributed by atoms with Crippen LogP contribution >= 0.6 is 34.8 Å². The third-order valence-electron chi connectivity index (χ3n) is 7.43. The minimum atomic E-state index is -0.493. The Labute approximate surface area is 261 Å². The predicted molar refractivity (Wildman–Crippen MR) is 170 cm³/mol. The van der Waals surface area contributed by atoms with Gasteiger partial charge in [0.15, 0.2) is 0 Å². The highest BCUT2D eigenvalue weighted by molar-refractivity contribution is 6.35. The summed E-state index contributed by atoms with van der Waals surface area (Å²) < 4.78 is 1.84. The molecule has 0 saturated heterocycles. The van der Waals surface area contributed by atoms with Crippen LogP contribution in [0, 0.1) is 12.8 Å². The molecule has 42 heavy (non-hydrogen) atoms. The Kier molecular flexibility index (Phi) is 10.2. The molecule has 0 unspecified atom stereocenters. The Morgan fingerprint density at radius 3 is 2.55 bits per heavy atom. The van der Waals surface area contributed by atoms with Crippen LogP contribution in [0.2, 0.25) is 15.1 Å². The first-order valence-corrected chi connectivity index (χ1v) is 15.3. The molecule has 3 N–H and O–H groups in total. The maximum absolute atomic E-state index is 13.6. The first kappa shape index (κ1) is 30.1. The number of nitrogens with zero attached hydrogens (tertiary/aromatic N) is 4. The second-order valence-corrected chi connectivity index (χ2v) is 12.0. The molecule has 4 aromatic rings. The van der Waals surface area contributed by atoms with E-state index in [9.17, 15) is 4.79 Å². The largest absolute Gasteiger partial charge is 0.358 e. The van der Waals surface area contributed by atoms with Gasteiger partial charge in [-0.3, -0.25) is 9.36 Å². The van der Waals surface area contributed by atoms with Gasteiger partial charge in [0.2, 0.25) is 11.9 Å². The maximum atomic E-state index is 13.6. The Hall–Kier alpha value is -3.33. The number of halogens is 3. The number of anilines is 2. The maximum Gasteiger partial charge on any atom is 0.242 e. The molecule has 1 aliphatic rings. The molecule has 220 valence electrons. The molecule has 2 aromatic heterocycles. The lowest BCUT2D eigenvalue weighted by Gasteiger charge is -2.27.